The van der Waals surface area contributed by atoms with Gasteiger partial charge in [-0.15, -0.1) is 11.3 Å². The van der Waals surface area contributed by atoms with Crippen molar-refractivity contribution in [1.29, 1.82) is 0 Å². The molecule has 1 aliphatic rings. The van der Waals surface area contributed by atoms with Crippen molar-refractivity contribution in [3.8, 4) is 11.3 Å². The molecule has 0 aliphatic carbocycles. The van der Waals surface area contributed by atoms with E-state index in [1.807, 2.05) is 42.5 Å². The third kappa shape index (κ3) is 4.25. The fourth-order valence-electron chi connectivity index (χ4n) is 4.59. The molecule has 0 radical (unpaired) electrons. The number of hydrogen-bond acceptors (Lipinski definition) is 7. The lowest BCUT2D eigenvalue weighted by Gasteiger charge is -2.34. The number of nitrogens with zero attached hydrogens (tertiary/aromatic N) is 6. The highest BCUT2D eigenvalue weighted by atomic mass is 32.1. The van der Waals surface area contributed by atoms with Gasteiger partial charge in [0.25, 0.3) is 5.91 Å². The summed E-state index contributed by atoms with van der Waals surface area (Å²) in [6.07, 6.45) is 1.77. The van der Waals surface area contributed by atoms with Crippen LogP contribution >= 0.6 is 11.3 Å². The number of rotatable bonds is 5. The number of aromatic nitrogens is 4. The van der Waals surface area contributed by atoms with E-state index in [0.717, 1.165) is 64.1 Å². The van der Waals surface area contributed by atoms with Gasteiger partial charge in [0.15, 0.2) is 5.65 Å². The summed E-state index contributed by atoms with van der Waals surface area (Å²) >= 11 is 1.68. The first-order chi connectivity index (χ1) is 16.3. The smallest absolute Gasteiger partial charge is 0.254 e. The van der Waals surface area contributed by atoms with Gasteiger partial charge in [0, 0.05) is 49.7 Å². The molecule has 0 atom stereocenters. The second-order valence-corrected chi connectivity index (χ2v) is 10.3. The molecule has 4 aromatic heterocycles. The van der Waals surface area contributed by atoms with Crippen molar-refractivity contribution >= 4 is 28.3 Å². The lowest BCUT2D eigenvalue weighted by molar-refractivity contribution is 0.0629. The normalized spacial score (nSPS) is 15.1. The van der Waals surface area contributed by atoms with E-state index in [0.29, 0.717) is 18.7 Å². The quantitative estimate of drug-likeness (QED) is 0.417. The Hall–Kier alpha value is -3.04. The van der Waals surface area contributed by atoms with Crippen LogP contribution in [-0.2, 0) is 6.54 Å². The highest BCUT2D eigenvalue weighted by Crippen LogP contribution is 2.30. The molecule has 5 heterocycles. The van der Waals surface area contributed by atoms with Crippen molar-refractivity contribution in [2.24, 2.45) is 0 Å². The standard InChI is InChI=1S/C25H30N6O2S/c1-15(2)31-24-22(12-26-31)21(11-23(28-24)20-10-16(3)33-17(20)4)25(32)30-8-6-29(7-9-30)13-19-14-34-18(5)27-19/h10-12,14-15H,6-9,13H2,1-5H3. The van der Waals surface area contributed by atoms with E-state index >= 15 is 0 Å². The van der Waals surface area contributed by atoms with E-state index in [9.17, 15) is 4.79 Å². The molecule has 1 aliphatic heterocycles. The van der Waals surface area contributed by atoms with Crippen LogP contribution < -0.4 is 0 Å². The summed E-state index contributed by atoms with van der Waals surface area (Å²) in [4.78, 5) is 27.5. The highest BCUT2D eigenvalue weighted by Gasteiger charge is 2.26. The minimum atomic E-state index is 0.0268. The average Bonchev–Trinajstić information content (AvgIpc) is 3.51. The van der Waals surface area contributed by atoms with Crippen LogP contribution in [0.5, 0.6) is 0 Å². The summed E-state index contributed by atoms with van der Waals surface area (Å²) in [6.45, 7) is 13.9. The molecule has 178 valence electrons. The molecular formula is C25H30N6O2S. The molecule has 0 bridgehead atoms. The van der Waals surface area contributed by atoms with E-state index in [1.165, 1.54) is 0 Å². The van der Waals surface area contributed by atoms with Gasteiger partial charge in [-0.2, -0.15) is 5.10 Å². The predicted molar refractivity (Wildman–Crippen MR) is 133 cm³/mol. The van der Waals surface area contributed by atoms with Crippen LogP contribution in [0.4, 0.5) is 0 Å². The van der Waals surface area contributed by atoms with Crippen LogP contribution in [0, 0.1) is 20.8 Å². The Morgan fingerprint density at radius 1 is 1.12 bits per heavy atom. The van der Waals surface area contributed by atoms with Crippen molar-refractivity contribution in [1.82, 2.24) is 29.5 Å². The highest BCUT2D eigenvalue weighted by molar-refractivity contribution is 7.09. The number of aryl methyl sites for hydroxylation is 3. The molecule has 0 aromatic carbocycles. The Bertz CT molecular complexity index is 1340. The largest absolute Gasteiger partial charge is 0.466 e. The molecule has 1 saturated heterocycles. The van der Waals surface area contributed by atoms with Crippen molar-refractivity contribution in [2.45, 2.75) is 47.2 Å². The van der Waals surface area contributed by atoms with Gasteiger partial charge in [-0.1, -0.05) is 0 Å². The third-order valence-electron chi connectivity index (χ3n) is 6.31. The summed E-state index contributed by atoms with van der Waals surface area (Å²) in [7, 11) is 0. The fourth-order valence-corrected chi connectivity index (χ4v) is 5.19. The summed E-state index contributed by atoms with van der Waals surface area (Å²) in [6, 6.07) is 4.01. The number of furan rings is 1. The number of piperazine rings is 1. The maximum Gasteiger partial charge on any atom is 0.254 e. The summed E-state index contributed by atoms with van der Waals surface area (Å²) in [5, 5.41) is 8.55. The van der Waals surface area contributed by atoms with E-state index in [2.05, 4.69) is 34.2 Å². The van der Waals surface area contributed by atoms with Gasteiger partial charge in [-0.3, -0.25) is 9.69 Å². The zero-order chi connectivity index (χ0) is 24.0. The topological polar surface area (TPSA) is 80.3 Å². The molecule has 0 saturated carbocycles. The van der Waals surface area contributed by atoms with Crippen LogP contribution in [-0.4, -0.2) is 61.6 Å². The minimum absolute atomic E-state index is 0.0268. The monoisotopic (exact) mass is 478 g/mol. The minimum Gasteiger partial charge on any atom is -0.466 e. The van der Waals surface area contributed by atoms with Gasteiger partial charge in [0.2, 0.25) is 0 Å². The Balaban J connectivity index is 1.44. The van der Waals surface area contributed by atoms with E-state index in [1.54, 1.807) is 17.5 Å². The predicted octanol–water partition coefficient (Wildman–Crippen LogP) is 4.61. The SMILES string of the molecule is Cc1cc(-c2cc(C(=O)N3CCN(Cc4csc(C)n4)CC3)c3cnn(C(C)C)c3n2)c(C)o1. The summed E-state index contributed by atoms with van der Waals surface area (Å²) < 4.78 is 7.63. The van der Waals surface area contributed by atoms with Crippen LogP contribution in [0.25, 0.3) is 22.3 Å². The number of carbonyl (C=O) groups excluding carboxylic acids is 1. The Morgan fingerprint density at radius 3 is 2.50 bits per heavy atom. The van der Waals surface area contributed by atoms with Gasteiger partial charge in [-0.05, 0) is 46.8 Å². The van der Waals surface area contributed by atoms with Crippen molar-refractivity contribution in [2.75, 3.05) is 26.2 Å². The molecule has 0 spiro atoms. The van der Waals surface area contributed by atoms with Gasteiger partial charge < -0.3 is 9.32 Å². The zero-order valence-corrected chi connectivity index (χ0v) is 21.1. The second-order valence-electron chi connectivity index (χ2n) is 9.23. The lowest BCUT2D eigenvalue weighted by atomic mass is 10.1. The van der Waals surface area contributed by atoms with Gasteiger partial charge in [0.05, 0.1) is 33.5 Å². The lowest BCUT2D eigenvalue weighted by Crippen LogP contribution is -2.48. The molecular weight excluding hydrogens is 448 g/mol. The zero-order valence-electron chi connectivity index (χ0n) is 20.3. The van der Waals surface area contributed by atoms with Gasteiger partial charge >= 0.3 is 0 Å². The van der Waals surface area contributed by atoms with Crippen molar-refractivity contribution < 1.29 is 9.21 Å². The number of carbonyl (C=O) groups is 1. The van der Waals surface area contributed by atoms with Gasteiger partial charge in [-0.25, -0.2) is 14.6 Å². The van der Waals surface area contributed by atoms with E-state index in [-0.39, 0.29) is 11.9 Å². The molecule has 0 N–H and O–H groups in total. The van der Waals surface area contributed by atoms with Crippen molar-refractivity contribution in [3.05, 3.63) is 51.5 Å². The van der Waals surface area contributed by atoms with E-state index in [4.69, 9.17) is 9.40 Å². The number of thiazole rings is 1. The van der Waals surface area contributed by atoms with E-state index < -0.39 is 0 Å². The average molecular weight is 479 g/mol. The number of amides is 1. The molecule has 9 heteroatoms. The third-order valence-corrected chi connectivity index (χ3v) is 7.14. The molecule has 1 fully saturated rings. The maximum atomic E-state index is 13.7. The summed E-state index contributed by atoms with van der Waals surface area (Å²) in [5.74, 6) is 1.65. The molecule has 8 nitrogen and oxygen atoms in total. The second kappa shape index (κ2) is 8.96. The van der Waals surface area contributed by atoms with Crippen LogP contribution in [0.3, 0.4) is 0 Å². The molecule has 0 unspecified atom stereocenters. The Labute approximate surface area is 203 Å². The number of hydrogen-bond donors (Lipinski definition) is 0. The first-order valence-corrected chi connectivity index (χ1v) is 12.6. The molecule has 34 heavy (non-hydrogen) atoms. The van der Waals surface area contributed by atoms with Crippen molar-refractivity contribution in [3.63, 3.8) is 0 Å². The first kappa shape index (κ1) is 22.7. The first-order valence-electron chi connectivity index (χ1n) is 11.7. The molecule has 4 aromatic rings. The Kier molecular flexibility index (Phi) is 5.99. The van der Waals surface area contributed by atoms with Gasteiger partial charge in [0.1, 0.15) is 11.5 Å². The number of fused-ring (bicyclic) bond motifs is 1. The number of pyridine rings is 1. The molecule has 1 amide bonds. The Morgan fingerprint density at radius 2 is 1.88 bits per heavy atom. The fraction of sp³-hybridized carbons (Fsp3) is 0.440. The van der Waals surface area contributed by atoms with Crippen LogP contribution in [0.1, 0.15) is 52.5 Å². The van der Waals surface area contributed by atoms with Crippen LogP contribution in [0.15, 0.2) is 28.1 Å². The molecule has 5 rings (SSSR count). The summed E-state index contributed by atoms with van der Waals surface area (Å²) in [5.41, 5.74) is 4.13. The van der Waals surface area contributed by atoms with Crippen LogP contribution in [0.2, 0.25) is 0 Å². The maximum absolute atomic E-state index is 13.7.